The Balaban J connectivity index is 1.78. The fourth-order valence-electron chi connectivity index (χ4n) is 3.88. The first kappa shape index (κ1) is 17.3. The summed E-state index contributed by atoms with van der Waals surface area (Å²) in [5.41, 5.74) is 2.11. The molecule has 1 aliphatic rings. The number of rotatable bonds is 3. The molecule has 1 aliphatic heterocycles. The van der Waals surface area contributed by atoms with E-state index in [1.807, 2.05) is 42.5 Å². The fraction of sp³-hybridized carbons (Fsp3) is 0.0833. The van der Waals surface area contributed by atoms with Gasteiger partial charge in [-0.25, -0.2) is 0 Å². The predicted molar refractivity (Wildman–Crippen MR) is 111 cm³/mol. The summed E-state index contributed by atoms with van der Waals surface area (Å²) in [6, 6.07) is 23.2. The Labute approximate surface area is 166 Å². The van der Waals surface area contributed by atoms with E-state index in [1.54, 1.807) is 48.4 Å². The summed E-state index contributed by atoms with van der Waals surface area (Å²) >= 11 is 0. The Morgan fingerprint density at radius 3 is 2.28 bits per heavy atom. The van der Waals surface area contributed by atoms with Crippen molar-refractivity contribution in [3.63, 3.8) is 0 Å². The number of amides is 1. The zero-order valence-electron chi connectivity index (χ0n) is 15.7. The second-order valence-corrected chi connectivity index (χ2v) is 6.86. The highest BCUT2D eigenvalue weighted by Gasteiger charge is 2.43. The van der Waals surface area contributed by atoms with Gasteiger partial charge in [0.25, 0.3) is 5.91 Å². The SMILES string of the molecule is COc1ccc(N2C(=O)c3oc4ccccc4c(=O)c3[C@H]2c2ccccc2)cc1. The van der Waals surface area contributed by atoms with Gasteiger partial charge in [-0.05, 0) is 42.0 Å². The van der Waals surface area contributed by atoms with Crippen LogP contribution in [0.5, 0.6) is 5.75 Å². The van der Waals surface area contributed by atoms with E-state index in [9.17, 15) is 9.59 Å². The molecule has 0 saturated carbocycles. The minimum atomic E-state index is -0.562. The molecule has 142 valence electrons. The van der Waals surface area contributed by atoms with E-state index in [-0.39, 0.29) is 17.1 Å². The second-order valence-electron chi connectivity index (χ2n) is 6.86. The van der Waals surface area contributed by atoms with Crippen molar-refractivity contribution in [2.45, 2.75) is 6.04 Å². The normalized spacial score (nSPS) is 15.6. The Morgan fingerprint density at radius 2 is 1.55 bits per heavy atom. The lowest BCUT2D eigenvalue weighted by molar-refractivity contribution is 0.0971. The molecule has 5 heteroatoms. The third-order valence-corrected chi connectivity index (χ3v) is 5.24. The van der Waals surface area contributed by atoms with Crippen molar-refractivity contribution >= 4 is 22.6 Å². The topological polar surface area (TPSA) is 59.8 Å². The van der Waals surface area contributed by atoms with Gasteiger partial charge in [-0.3, -0.25) is 14.5 Å². The van der Waals surface area contributed by atoms with E-state index >= 15 is 0 Å². The van der Waals surface area contributed by atoms with E-state index < -0.39 is 6.04 Å². The lowest BCUT2D eigenvalue weighted by Gasteiger charge is -2.25. The number of methoxy groups -OCH3 is 1. The number of carbonyl (C=O) groups excluding carboxylic acids is 1. The molecule has 0 bridgehead atoms. The average molecular weight is 383 g/mol. The van der Waals surface area contributed by atoms with Crippen LogP contribution in [0.2, 0.25) is 0 Å². The van der Waals surface area contributed by atoms with Gasteiger partial charge in [0.1, 0.15) is 11.3 Å². The molecule has 5 rings (SSSR count). The minimum absolute atomic E-state index is 0.0957. The standard InChI is InChI=1S/C24H17NO4/c1-28-17-13-11-16(12-14-17)25-21(15-7-3-2-4-8-15)20-22(26)18-9-5-6-10-19(18)29-23(20)24(25)27/h2-14,21H,1H3/t21-/m1/s1. The molecule has 5 nitrogen and oxygen atoms in total. The monoisotopic (exact) mass is 383 g/mol. The van der Waals surface area contributed by atoms with Crippen LogP contribution < -0.4 is 15.1 Å². The van der Waals surface area contributed by atoms with Crippen LogP contribution in [0.1, 0.15) is 27.7 Å². The first-order valence-electron chi connectivity index (χ1n) is 9.27. The molecule has 0 aliphatic carbocycles. The summed E-state index contributed by atoms with van der Waals surface area (Å²) in [5.74, 6) is 0.453. The minimum Gasteiger partial charge on any atom is -0.497 e. The second kappa shape index (κ2) is 6.63. The molecule has 0 saturated heterocycles. The number of nitrogens with zero attached hydrogens (tertiary/aromatic N) is 1. The fourth-order valence-corrected chi connectivity index (χ4v) is 3.88. The summed E-state index contributed by atoms with van der Waals surface area (Å²) in [5, 5.41) is 0.469. The lowest BCUT2D eigenvalue weighted by atomic mass is 9.98. The Morgan fingerprint density at radius 1 is 0.862 bits per heavy atom. The van der Waals surface area contributed by atoms with Gasteiger partial charge in [-0.1, -0.05) is 42.5 Å². The van der Waals surface area contributed by atoms with Crippen molar-refractivity contribution < 1.29 is 13.9 Å². The molecule has 0 unspecified atom stereocenters. The van der Waals surface area contributed by atoms with Crippen LogP contribution in [0.4, 0.5) is 5.69 Å². The summed E-state index contributed by atoms with van der Waals surface area (Å²) in [7, 11) is 1.59. The number of fused-ring (bicyclic) bond motifs is 2. The number of hydrogen-bond acceptors (Lipinski definition) is 4. The number of benzene rings is 3. The number of hydrogen-bond donors (Lipinski definition) is 0. The van der Waals surface area contributed by atoms with Crippen LogP contribution in [0, 0.1) is 0 Å². The summed E-state index contributed by atoms with van der Waals surface area (Å²) < 4.78 is 11.2. The van der Waals surface area contributed by atoms with Crippen molar-refractivity contribution in [3.8, 4) is 5.75 Å². The quantitative estimate of drug-likeness (QED) is 0.521. The van der Waals surface area contributed by atoms with Gasteiger partial charge in [0.15, 0.2) is 5.43 Å². The predicted octanol–water partition coefficient (Wildman–Crippen LogP) is 4.55. The maximum Gasteiger partial charge on any atom is 0.295 e. The molecule has 29 heavy (non-hydrogen) atoms. The molecule has 3 aromatic carbocycles. The number of anilines is 1. The molecular formula is C24H17NO4. The Hall–Kier alpha value is -3.86. The van der Waals surface area contributed by atoms with Gasteiger partial charge in [0.2, 0.25) is 5.76 Å². The van der Waals surface area contributed by atoms with Crippen molar-refractivity contribution in [1.82, 2.24) is 0 Å². The third kappa shape index (κ3) is 2.63. The highest BCUT2D eigenvalue weighted by atomic mass is 16.5. The van der Waals surface area contributed by atoms with Crippen LogP contribution in [0.15, 0.2) is 88.1 Å². The van der Waals surface area contributed by atoms with E-state index in [2.05, 4.69) is 0 Å². The highest BCUT2D eigenvalue weighted by molar-refractivity contribution is 6.10. The zero-order chi connectivity index (χ0) is 20.0. The summed E-state index contributed by atoms with van der Waals surface area (Å²) in [6.07, 6.45) is 0. The average Bonchev–Trinajstić information content (AvgIpc) is 3.07. The van der Waals surface area contributed by atoms with Crippen molar-refractivity contribution in [2.24, 2.45) is 0 Å². The van der Waals surface area contributed by atoms with Crippen LogP contribution in [0.3, 0.4) is 0 Å². The number of ether oxygens (including phenoxy) is 1. The van der Waals surface area contributed by atoms with Crippen molar-refractivity contribution in [3.05, 3.63) is 106 Å². The highest BCUT2D eigenvalue weighted by Crippen LogP contribution is 2.41. The third-order valence-electron chi connectivity index (χ3n) is 5.24. The number of carbonyl (C=O) groups is 1. The van der Waals surface area contributed by atoms with E-state index in [0.717, 1.165) is 5.56 Å². The van der Waals surface area contributed by atoms with Crippen LogP contribution in [0.25, 0.3) is 11.0 Å². The van der Waals surface area contributed by atoms with Crippen LogP contribution in [-0.2, 0) is 0 Å². The Kier molecular flexibility index (Phi) is 3.95. The summed E-state index contributed by atoms with van der Waals surface area (Å²) in [4.78, 5) is 28.4. The van der Waals surface area contributed by atoms with Gasteiger partial charge in [-0.15, -0.1) is 0 Å². The van der Waals surface area contributed by atoms with Gasteiger partial charge >= 0.3 is 0 Å². The maximum absolute atomic E-state index is 13.4. The van der Waals surface area contributed by atoms with Crippen molar-refractivity contribution in [2.75, 3.05) is 12.0 Å². The smallest absolute Gasteiger partial charge is 0.295 e. The molecular weight excluding hydrogens is 366 g/mol. The van der Waals surface area contributed by atoms with Gasteiger partial charge in [-0.2, -0.15) is 0 Å². The maximum atomic E-state index is 13.4. The molecule has 1 atom stereocenters. The Bertz CT molecular complexity index is 1280. The molecule has 0 N–H and O–H groups in total. The molecule has 1 aromatic heterocycles. The van der Waals surface area contributed by atoms with E-state index in [4.69, 9.17) is 9.15 Å². The lowest BCUT2D eigenvalue weighted by Crippen LogP contribution is -2.29. The van der Waals surface area contributed by atoms with Gasteiger partial charge in [0.05, 0.1) is 24.1 Å². The molecule has 0 fully saturated rings. The van der Waals surface area contributed by atoms with E-state index in [1.165, 1.54) is 0 Å². The summed E-state index contributed by atoms with van der Waals surface area (Å²) in [6.45, 7) is 0. The zero-order valence-corrected chi connectivity index (χ0v) is 15.7. The first-order chi connectivity index (χ1) is 14.2. The van der Waals surface area contributed by atoms with Gasteiger partial charge < -0.3 is 9.15 Å². The first-order valence-corrected chi connectivity index (χ1v) is 9.27. The molecule has 4 aromatic rings. The largest absolute Gasteiger partial charge is 0.497 e. The van der Waals surface area contributed by atoms with Gasteiger partial charge in [0, 0.05) is 5.69 Å². The molecule has 0 spiro atoms. The van der Waals surface area contributed by atoms with Crippen molar-refractivity contribution in [1.29, 1.82) is 0 Å². The molecule has 0 radical (unpaired) electrons. The van der Waals surface area contributed by atoms with Crippen LogP contribution in [-0.4, -0.2) is 13.0 Å². The number of para-hydroxylation sites is 1. The molecule has 1 amide bonds. The van der Waals surface area contributed by atoms with Crippen LogP contribution >= 0.6 is 0 Å². The van der Waals surface area contributed by atoms with E-state index in [0.29, 0.717) is 28.0 Å². The molecule has 2 heterocycles.